The largest absolute Gasteiger partial charge is 0.871 e. The third kappa shape index (κ3) is 4.68. The minimum Gasteiger partial charge on any atom is -0.871 e. The number of benzene rings is 1. The minimum absolute atomic E-state index is 0.0990. The second kappa shape index (κ2) is 6.19. The number of hydrogen-bond acceptors (Lipinski definition) is 2. The van der Waals surface area contributed by atoms with Crippen molar-refractivity contribution in [3.05, 3.63) is 26.6 Å². The van der Waals surface area contributed by atoms with Crippen LogP contribution in [-0.4, -0.2) is 17.1 Å². The summed E-state index contributed by atoms with van der Waals surface area (Å²) in [5.41, 5.74) is 1.13. The molecular weight excluding hydrogens is 396 g/mol. The molecule has 0 unspecified atom stereocenters. The normalized spacial score (nSPS) is 21.4. The van der Waals surface area contributed by atoms with Gasteiger partial charge in [0.25, 0.3) is 0 Å². The summed E-state index contributed by atoms with van der Waals surface area (Å²) in [6, 6.07) is 4.28. The molecular formula is C16H24Br2N2O. The van der Waals surface area contributed by atoms with Crippen LogP contribution in [0.3, 0.4) is 0 Å². The van der Waals surface area contributed by atoms with E-state index in [0.717, 1.165) is 29.4 Å². The van der Waals surface area contributed by atoms with Gasteiger partial charge in [0.15, 0.2) is 0 Å². The lowest BCUT2D eigenvalue weighted by Crippen LogP contribution is -2.91. The van der Waals surface area contributed by atoms with Gasteiger partial charge in [0.1, 0.15) is 6.54 Å². The second-order valence-corrected chi connectivity index (χ2v) is 9.15. The standard InChI is InChI=1S/C16H24Br2N2O/c1-15(2)7-12(8-16(3,4)20-15)19-9-10-5-11(17)6-13(18)14(10)21/h5-6,12,19-21H,7-9H2,1-4H3. The Balaban J connectivity index is 2.06. The Hall–Kier alpha value is -0.100. The number of rotatable bonds is 3. The molecule has 0 saturated carbocycles. The first-order valence-electron chi connectivity index (χ1n) is 7.36. The Morgan fingerprint density at radius 3 is 2.33 bits per heavy atom. The van der Waals surface area contributed by atoms with Gasteiger partial charge >= 0.3 is 0 Å². The molecule has 3 N–H and O–H groups in total. The van der Waals surface area contributed by atoms with Gasteiger partial charge in [0.05, 0.1) is 6.04 Å². The van der Waals surface area contributed by atoms with E-state index in [1.165, 1.54) is 0 Å². The van der Waals surface area contributed by atoms with E-state index in [9.17, 15) is 5.11 Å². The number of nitrogens with one attached hydrogen (secondary N) is 1. The zero-order valence-corrected chi connectivity index (χ0v) is 16.3. The lowest BCUT2D eigenvalue weighted by Gasteiger charge is -2.45. The van der Waals surface area contributed by atoms with Crippen LogP contribution < -0.4 is 15.7 Å². The third-order valence-corrected chi connectivity index (χ3v) is 5.03. The Labute approximate surface area is 144 Å². The van der Waals surface area contributed by atoms with Crippen LogP contribution in [0.4, 0.5) is 0 Å². The summed E-state index contributed by atoms with van der Waals surface area (Å²) in [7, 11) is 0. The molecule has 1 saturated heterocycles. The van der Waals surface area contributed by atoms with Crippen LogP contribution in [0.2, 0.25) is 0 Å². The Bertz CT molecular complexity index is 513. The molecule has 1 aromatic rings. The van der Waals surface area contributed by atoms with Gasteiger partial charge in [-0.15, -0.1) is 0 Å². The monoisotopic (exact) mass is 418 g/mol. The number of quaternary nitrogens is 1. The SMILES string of the molecule is CC1(C)CC([NH2+]Cc2cc(Br)cc(Br)c2[O-])CC(C)(C)N1. The lowest BCUT2D eigenvalue weighted by molar-refractivity contribution is -0.709. The fourth-order valence-corrected chi connectivity index (χ4v) is 4.94. The van der Waals surface area contributed by atoms with Gasteiger partial charge in [-0.3, -0.25) is 0 Å². The molecule has 0 bridgehead atoms. The fourth-order valence-electron chi connectivity index (χ4n) is 3.63. The molecule has 1 aromatic carbocycles. The molecule has 0 spiro atoms. The maximum absolute atomic E-state index is 12.1. The van der Waals surface area contributed by atoms with Gasteiger partial charge in [0.2, 0.25) is 0 Å². The van der Waals surface area contributed by atoms with Crippen molar-refractivity contribution in [3.8, 4) is 5.75 Å². The first-order chi connectivity index (χ1) is 9.58. The second-order valence-electron chi connectivity index (χ2n) is 7.38. The molecule has 0 aromatic heterocycles. The molecule has 21 heavy (non-hydrogen) atoms. The van der Waals surface area contributed by atoms with Crippen molar-refractivity contribution in [1.82, 2.24) is 5.32 Å². The molecule has 0 radical (unpaired) electrons. The van der Waals surface area contributed by atoms with Crippen molar-refractivity contribution in [3.63, 3.8) is 0 Å². The van der Waals surface area contributed by atoms with Crippen LogP contribution in [-0.2, 0) is 6.54 Å². The van der Waals surface area contributed by atoms with Crippen molar-refractivity contribution in [2.75, 3.05) is 0 Å². The van der Waals surface area contributed by atoms with Crippen molar-refractivity contribution in [2.24, 2.45) is 0 Å². The third-order valence-electron chi connectivity index (χ3n) is 3.98. The van der Waals surface area contributed by atoms with Crippen molar-refractivity contribution >= 4 is 31.9 Å². The van der Waals surface area contributed by atoms with E-state index in [2.05, 4.69) is 70.2 Å². The summed E-state index contributed by atoms with van der Waals surface area (Å²) in [6.45, 7) is 9.74. The number of halogens is 2. The summed E-state index contributed by atoms with van der Waals surface area (Å²) < 4.78 is 1.58. The van der Waals surface area contributed by atoms with E-state index >= 15 is 0 Å². The number of nitrogens with two attached hydrogens (primary N) is 1. The van der Waals surface area contributed by atoms with Crippen LogP contribution in [0, 0.1) is 0 Å². The molecule has 0 atom stereocenters. The molecule has 0 amide bonds. The summed E-state index contributed by atoms with van der Waals surface area (Å²) in [4.78, 5) is 0. The van der Waals surface area contributed by atoms with Crippen LogP contribution in [0.1, 0.15) is 46.1 Å². The maximum Gasteiger partial charge on any atom is 0.101 e. The fraction of sp³-hybridized carbons (Fsp3) is 0.625. The quantitative estimate of drug-likeness (QED) is 0.791. The van der Waals surface area contributed by atoms with Gasteiger partial charge in [-0.1, -0.05) is 37.6 Å². The topological polar surface area (TPSA) is 51.7 Å². The van der Waals surface area contributed by atoms with Crippen LogP contribution in [0.15, 0.2) is 21.1 Å². The molecule has 3 nitrogen and oxygen atoms in total. The van der Waals surface area contributed by atoms with Crippen LogP contribution in [0.25, 0.3) is 0 Å². The summed E-state index contributed by atoms with van der Waals surface area (Å²) >= 11 is 6.79. The molecule has 0 aliphatic carbocycles. The average Bonchev–Trinajstić information content (AvgIpc) is 2.28. The highest BCUT2D eigenvalue weighted by Gasteiger charge is 2.39. The Morgan fingerprint density at radius 1 is 1.19 bits per heavy atom. The predicted molar refractivity (Wildman–Crippen MR) is 91.2 cm³/mol. The summed E-state index contributed by atoms with van der Waals surface area (Å²) in [6.07, 6.45) is 2.22. The van der Waals surface area contributed by atoms with Crippen molar-refractivity contribution in [2.45, 2.75) is 64.2 Å². The summed E-state index contributed by atoms with van der Waals surface area (Å²) in [5.74, 6) is 0.0990. The first-order valence-corrected chi connectivity index (χ1v) is 8.94. The smallest absolute Gasteiger partial charge is 0.101 e. The van der Waals surface area contributed by atoms with E-state index in [-0.39, 0.29) is 16.8 Å². The highest BCUT2D eigenvalue weighted by molar-refractivity contribution is 9.11. The van der Waals surface area contributed by atoms with Gasteiger partial charge in [-0.2, -0.15) is 0 Å². The Kier molecular flexibility index (Phi) is 5.08. The van der Waals surface area contributed by atoms with Crippen molar-refractivity contribution in [1.29, 1.82) is 0 Å². The highest BCUT2D eigenvalue weighted by atomic mass is 79.9. The molecule has 5 heteroatoms. The van der Waals surface area contributed by atoms with E-state index < -0.39 is 0 Å². The van der Waals surface area contributed by atoms with E-state index in [1.807, 2.05) is 12.1 Å². The average molecular weight is 420 g/mol. The van der Waals surface area contributed by atoms with Crippen LogP contribution in [0.5, 0.6) is 5.75 Å². The maximum atomic E-state index is 12.1. The van der Waals surface area contributed by atoms with Gasteiger partial charge in [-0.05, 0) is 39.8 Å². The zero-order valence-electron chi connectivity index (χ0n) is 13.1. The highest BCUT2D eigenvalue weighted by Crippen LogP contribution is 2.30. The van der Waals surface area contributed by atoms with Gasteiger partial charge in [0, 0.05) is 38.4 Å². The Morgan fingerprint density at radius 2 is 1.76 bits per heavy atom. The van der Waals surface area contributed by atoms with E-state index in [4.69, 9.17) is 0 Å². The zero-order chi connectivity index (χ0) is 15.8. The lowest BCUT2D eigenvalue weighted by atomic mass is 9.79. The molecule has 1 aliphatic heterocycles. The van der Waals surface area contributed by atoms with Crippen molar-refractivity contribution < 1.29 is 10.4 Å². The van der Waals surface area contributed by atoms with Crippen LogP contribution >= 0.6 is 31.9 Å². The molecule has 1 aliphatic rings. The number of piperidine rings is 1. The molecule has 1 fully saturated rings. The molecule has 1 heterocycles. The van der Waals surface area contributed by atoms with E-state index in [0.29, 0.717) is 10.5 Å². The van der Waals surface area contributed by atoms with E-state index in [1.54, 1.807) is 0 Å². The summed E-state index contributed by atoms with van der Waals surface area (Å²) in [5, 5.41) is 18.2. The molecule has 2 rings (SSSR count). The first kappa shape index (κ1) is 17.3. The van der Waals surface area contributed by atoms with Gasteiger partial charge < -0.3 is 15.7 Å². The number of hydrogen-bond donors (Lipinski definition) is 2. The predicted octanol–water partition coefficient (Wildman–Crippen LogP) is 2.66. The van der Waals surface area contributed by atoms with Gasteiger partial charge in [-0.25, -0.2) is 0 Å². The minimum atomic E-state index is 0.0990. The molecule has 118 valence electrons.